The molecule has 0 fully saturated rings. The molecule has 0 atom stereocenters. The van der Waals surface area contributed by atoms with E-state index in [1.165, 1.54) is 18.2 Å². The minimum absolute atomic E-state index is 0.276. The van der Waals surface area contributed by atoms with Gasteiger partial charge in [-0.05, 0) is 19.4 Å². The summed E-state index contributed by atoms with van der Waals surface area (Å²) in [6.45, 7) is 5.28. The van der Waals surface area contributed by atoms with Crippen LogP contribution in [0.25, 0.3) is 0 Å². The van der Waals surface area contributed by atoms with Gasteiger partial charge in [-0.15, -0.1) is 0 Å². The molecule has 0 aliphatic heterocycles. The first kappa shape index (κ1) is 13.5. The highest BCUT2D eigenvalue weighted by atomic mass is 16.5. The third kappa shape index (κ3) is 4.83. The molecular formula is C14H19NO2. The highest BCUT2D eigenvalue weighted by Crippen LogP contribution is 2.03. The predicted molar refractivity (Wildman–Crippen MR) is 68.7 cm³/mol. The van der Waals surface area contributed by atoms with E-state index in [1.54, 1.807) is 6.92 Å². The Morgan fingerprint density at radius 1 is 1.47 bits per heavy atom. The number of carbonyl (C=O) groups excluding carboxylic acids is 1. The Kier molecular flexibility index (Phi) is 5.43. The summed E-state index contributed by atoms with van der Waals surface area (Å²) in [5.74, 6) is -0.276. The first-order valence-electron chi connectivity index (χ1n) is 5.65. The van der Waals surface area contributed by atoms with Crippen molar-refractivity contribution in [1.82, 2.24) is 5.32 Å². The van der Waals surface area contributed by atoms with Gasteiger partial charge in [-0.3, -0.25) is 0 Å². The number of carbonyl (C=O) groups is 1. The molecule has 1 aromatic rings. The quantitative estimate of drug-likeness (QED) is 0.481. The van der Waals surface area contributed by atoms with Gasteiger partial charge in [0.25, 0.3) is 0 Å². The molecule has 0 aliphatic rings. The number of ether oxygens (including phenoxy) is 1. The second-order valence-electron chi connectivity index (χ2n) is 4.00. The summed E-state index contributed by atoms with van der Waals surface area (Å²) >= 11 is 0. The number of rotatable bonds is 5. The molecule has 3 nitrogen and oxygen atoms in total. The van der Waals surface area contributed by atoms with Crippen molar-refractivity contribution in [2.45, 2.75) is 20.4 Å². The third-order valence-corrected chi connectivity index (χ3v) is 2.47. The van der Waals surface area contributed by atoms with Gasteiger partial charge < -0.3 is 10.1 Å². The van der Waals surface area contributed by atoms with Crippen molar-refractivity contribution < 1.29 is 9.53 Å². The van der Waals surface area contributed by atoms with E-state index in [0.717, 1.165) is 6.54 Å². The molecule has 3 heteroatoms. The Labute approximate surface area is 102 Å². The van der Waals surface area contributed by atoms with Gasteiger partial charge in [-0.25, -0.2) is 4.79 Å². The minimum atomic E-state index is -0.276. The second kappa shape index (κ2) is 6.86. The Balaban J connectivity index is 2.36. The molecule has 1 rings (SSSR count). The summed E-state index contributed by atoms with van der Waals surface area (Å²) < 4.78 is 4.61. The Bertz CT molecular complexity index is 410. The van der Waals surface area contributed by atoms with Crippen LogP contribution in [-0.4, -0.2) is 19.6 Å². The number of hydrogen-bond donors (Lipinski definition) is 1. The fourth-order valence-corrected chi connectivity index (χ4v) is 1.51. The molecule has 17 heavy (non-hydrogen) atoms. The maximum absolute atomic E-state index is 11.1. The predicted octanol–water partition coefficient (Wildman–Crippen LogP) is 2.20. The lowest BCUT2D eigenvalue weighted by Crippen LogP contribution is -2.14. The van der Waals surface area contributed by atoms with Crippen LogP contribution in [-0.2, 0) is 16.1 Å². The van der Waals surface area contributed by atoms with Crippen LogP contribution in [0.1, 0.15) is 18.1 Å². The zero-order valence-electron chi connectivity index (χ0n) is 10.6. The smallest absolute Gasteiger partial charge is 0.333 e. The highest BCUT2D eigenvalue weighted by molar-refractivity contribution is 5.87. The molecule has 1 aromatic carbocycles. The van der Waals surface area contributed by atoms with Gasteiger partial charge in [-0.2, -0.15) is 0 Å². The summed E-state index contributed by atoms with van der Waals surface area (Å²) in [5.41, 5.74) is 3.13. The number of esters is 1. The van der Waals surface area contributed by atoms with Crippen LogP contribution in [0.3, 0.4) is 0 Å². The largest absolute Gasteiger partial charge is 0.466 e. The number of aryl methyl sites for hydroxylation is 1. The Morgan fingerprint density at radius 3 is 2.88 bits per heavy atom. The van der Waals surface area contributed by atoms with E-state index in [4.69, 9.17) is 0 Å². The number of benzene rings is 1. The van der Waals surface area contributed by atoms with Crippen molar-refractivity contribution in [3.05, 3.63) is 47.0 Å². The number of hydrogen-bond acceptors (Lipinski definition) is 3. The first-order chi connectivity index (χ1) is 8.13. The second-order valence-corrected chi connectivity index (χ2v) is 4.00. The fourth-order valence-electron chi connectivity index (χ4n) is 1.51. The summed E-state index contributed by atoms with van der Waals surface area (Å²) in [6.07, 6.45) is 1.83. The molecule has 0 heterocycles. The molecule has 0 amide bonds. The topological polar surface area (TPSA) is 38.3 Å². The third-order valence-electron chi connectivity index (χ3n) is 2.47. The van der Waals surface area contributed by atoms with E-state index in [9.17, 15) is 4.79 Å². The summed E-state index contributed by atoms with van der Waals surface area (Å²) in [5, 5.41) is 3.25. The van der Waals surface area contributed by atoms with Crippen LogP contribution in [0.2, 0.25) is 0 Å². The summed E-state index contributed by atoms with van der Waals surface area (Å²) in [6, 6.07) is 8.34. The maximum atomic E-state index is 11.1. The zero-order chi connectivity index (χ0) is 12.7. The molecule has 1 N–H and O–H groups in total. The van der Waals surface area contributed by atoms with Crippen molar-refractivity contribution in [2.75, 3.05) is 13.7 Å². The van der Waals surface area contributed by atoms with Gasteiger partial charge in [0.1, 0.15) is 0 Å². The summed E-state index contributed by atoms with van der Waals surface area (Å²) in [4.78, 5) is 11.1. The normalized spacial score (nSPS) is 11.4. The van der Waals surface area contributed by atoms with Gasteiger partial charge in [0.05, 0.1) is 7.11 Å². The lowest BCUT2D eigenvalue weighted by Gasteiger charge is -2.04. The number of methoxy groups -OCH3 is 1. The van der Waals surface area contributed by atoms with Gasteiger partial charge >= 0.3 is 5.97 Å². The molecule has 0 unspecified atom stereocenters. The SMILES string of the molecule is COC(=O)/C(C)=C/CNCc1cccc(C)c1. The maximum Gasteiger partial charge on any atom is 0.333 e. The zero-order valence-corrected chi connectivity index (χ0v) is 10.6. The van der Waals surface area contributed by atoms with Crippen LogP contribution in [0, 0.1) is 6.92 Å². The van der Waals surface area contributed by atoms with E-state index in [1.807, 2.05) is 12.1 Å². The average Bonchev–Trinajstić information content (AvgIpc) is 2.33. The van der Waals surface area contributed by atoms with Gasteiger partial charge in [0.15, 0.2) is 0 Å². The van der Waals surface area contributed by atoms with Crippen molar-refractivity contribution in [1.29, 1.82) is 0 Å². The van der Waals surface area contributed by atoms with E-state index in [-0.39, 0.29) is 5.97 Å². The van der Waals surface area contributed by atoms with Crippen molar-refractivity contribution in [3.8, 4) is 0 Å². The molecule has 92 valence electrons. The molecular weight excluding hydrogens is 214 g/mol. The number of nitrogens with one attached hydrogen (secondary N) is 1. The molecule has 0 aromatic heterocycles. The van der Waals surface area contributed by atoms with E-state index >= 15 is 0 Å². The monoisotopic (exact) mass is 233 g/mol. The fraction of sp³-hybridized carbons (Fsp3) is 0.357. The molecule has 0 aliphatic carbocycles. The highest BCUT2D eigenvalue weighted by Gasteiger charge is 2.01. The van der Waals surface area contributed by atoms with Gasteiger partial charge in [0, 0.05) is 18.7 Å². The summed E-state index contributed by atoms with van der Waals surface area (Å²) in [7, 11) is 1.39. The lowest BCUT2D eigenvalue weighted by molar-refractivity contribution is -0.136. The van der Waals surface area contributed by atoms with Crippen molar-refractivity contribution >= 4 is 5.97 Å². The van der Waals surface area contributed by atoms with Crippen LogP contribution in [0.4, 0.5) is 0 Å². The van der Waals surface area contributed by atoms with Crippen molar-refractivity contribution in [2.24, 2.45) is 0 Å². The van der Waals surface area contributed by atoms with Crippen LogP contribution >= 0.6 is 0 Å². The first-order valence-corrected chi connectivity index (χ1v) is 5.65. The van der Waals surface area contributed by atoms with E-state index in [2.05, 4.69) is 35.2 Å². The molecule has 0 radical (unpaired) electrons. The molecule has 0 bridgehead atoms. The lowest BCUT2D eigenvalue weighted by atomic mass is 10.1. The van der Waals surface area contributed by atoms with E-state index in [0.29, 0.717) is 12.1 Å². The van der Waals surface area contributed by atoms with Crippen LogP contribution < -0.4 is 5.32 Å². The Morgan fingerprint density at radius 2 is 2.24 bits per heavy atom. The minimum Gasteiger partial charge on any atom is -0.466 e. The van der Waals surface area contributed by atoms with Crippen LogP contribution in [0.5, 0.6) is 0 Å². The molecule has 0 saturated heterocycles. The average molecular weight is 233 g/mol. The van der Waals surface area contributed by atoms with Crippen molar-refractivity contribution in [3.63, 3.8) is 0 Å². The van der Waals surface area contributed by atoms with Gasteiger partial charge in [0.2, 0.25) is 0 Å². The molecule has 0 spiro atoms. The van der Waals surface area contributed by atoms with E-state index < -0.39 is 0 Å². The standard InChI is InChI=1S/C14H19NO2/c1-11-5-4-6-13(9-11)10-15-8-7-12(2)14(16)17-3/h4-7,9,15H,8,10H2,1-3H3/b12-7+. The Hall–Kier alpha value is -1.61. The van der Waals surface area contributed by atoms with Gasteiger partial charge in [-0.1, -0.05) is 35.9 Å². The van der Waals surface area contributed by atoms with Crippen LogP contribution in [0.15, 0.2) is 35.9 Å². The molecule has 0 saturated carbocycles.